The Kier molecular flexibility index (Phi) is 6.67. The quantitative estimate of drug-likeness (QED) is 0.672. The molecule has 0 unspecified atom stereocenters. The van der Waals surface area contributed by atoms with Gasteiger partial charge in [0, 0.05) is 48.6 Å². The first kappa shape index (κ1) is 20.6. The molecule has 4 rings (SSSR count). The summed E-state index contributed by atoms with van der Waals surface area (Å²) in [7, 11) is 0. The Morgan fingerprint density at radius 2 is 1.52 bits per heavy atom. The summed E-state index contributed by atoms with van der Waals surface area (Å²) in [4.78, 5) is 33.4. The van der Waals surface area contributed by atoms with Crippen LogP contribution in [0.15, 0.2) is 40.9 Å². The van der Waals surface area contributed by atoms with Gasteiger partial charge in [-0.1, -0.05) is 28.1 Å². The second-order valence-corrected chi connectivity index (χ2v) is 9.68. The van der Waals surface area contributed by atoms with Crippen LogP contribution in [0.5, 0.6) is 0 Å². The van der Waals surface area contributed by atoms with E-state index in [1.807, 2.05) is 34.1 Å². The van der Waals surface area contributed by atoms with E-state index in [1.54, 1.807) is 11.3 Å². The van der Waals surface area contributed by atoms with E-state index in [2.05, 4.69) is 33.0 Å². The average molecular weight is 476 g/mol. The molecule has 0 saturated carbocycles. The molecule has 2 aromatic rings. The van der Waals surface area contributed by atoms with Gasteiger partial charge in [0.15, 0.2) is 0 Å². The molecule has 3 heterocycles. The van der Waals surface area contributed by atoms with Gasteiger partial charge in [-0.15, -0.1) is 11.3 Å². The normalized spacial score (nSPS) is 18.1. The fourth-order valence-corrected chi connectivity index (χ4v) is 5.17. The number of piperidine rings is 1. The van der Waals surface area contributed by atoms with Gasteiger partial charge in [-0.05, 0) is 49.1 Å². The second kappa shape index (κ2) is 9.41. The van der Waals surface area contributed by atoms with Gasteiger partial charge in [-0.3, -0.25) is 14.5 Å². The maximum absolute atomic E-state index is 12.9. The molecule has 154 valence electrons. The maximum atomic E-state index is 12.9. The van der Waals surface area contributed by atoms with Crippen LogP contribution in [0, 0.1) is 0 Å². The summed E-state index contributed by atoms with van der Waals surface area (Å²) in [6.45, 7) is 5.16. The number of carbonyl (C=O) groups excluding carboxylic acids is 2. The third-order valence-electron chi connectivity index (χ3n) is 5.67. The van der Waals surface area contributed by atoms with Crippen molar-refractivity contribution in [3.63, 3.8) is 0 Å². The van der Waals surface area contributed by atoms with Crippen LogP contribution in [0.4, 0.5) is 0 Å². The van der Waals surface area contributed by atoms with Crippen LogP contribution in [0.2, 0.25) is 0 Å². The van der Waals surface area contributed by atoms with E-state index >= 15 is 0 Å². The standard InChI is InChI=1S/C22H26BrN3O2S/c23-18-6-4-17(5-7-18)19-8-9-20(29-19)22(28)26-14-12-24(13-15-26)16-21(27)25-10-2-1-3-11-25/h4-9H,1-3,10-16H2. The Morgan fingerprint density at radius 3 is 2.21 bits per heavy atom. The summed E-state index contributed by atoms with van der Waals surface area (Å²) < 4.78 is 1.05. The van der Waals surface area contributed by atoms with Crippen LogP contribution >= 0.6 is 27.3 Å². The summed E-state index contributed by atoms with van der Waals surface area (Å²) in [5.74, 6) is 0.335. The topological polar surface area (TPSA) is 43.9 Å². The zero-order chi connectivity index (χ0) is 20.2. The highest BCUT2D eigenvalue weighted by atomic mass is 79.9. The van der Waals surface area contributed by atoms with Crippen molar-refractivity contribution in [1.29, 1.82) is 0 Å². The number of nitrogens with zero attached hydrogens (tertiary/aromatic N) is 3. The first-order valence-corrected chi connectivity index (χ1v) is 11.9. The molecule has 7 heteroatoms. The van der Waals surface area contributed by atoms with Crippen LogP contribution in [-0.4, -0.2) is 72.3 Å². The highest BCUT2D eigenvalue weighted by Crippen LogP contribution is 2.30. The Labute approximate surface area is 184 Å². The molecule has 0 bridgehead atoms. The molecular weight excluding hydrogens is 450 g/mol. The first-order chi connectivity index (χ1) is 14.1. The third kappa shape index (κ3) is 5.08. The Balaban J connectivity index is 1.30. The zero-order valence-electron chi connectivity index (χ0n) is 16.5. The van der Waals surface area contributed by atoms with Gasteiger partial charge in [0.25, 0.3) is 5.91 Å². The number of piperazine rings is 1. The number of hydrogen-bond acceptors (Lipinski definition) is 4. The number of likely N-dealkylation sites (tertiary alicyclic amines) is 1. The van der Waals surface area contributed by atoms with Crippen molar-refractivity contribution in [2.75, 3.05) is 45.8 Å². The van der Waals surface area contributed by atoms with E-state index in [4.69, 9.17) is 0 Å². The fourth-order valence-electron chi connectivity index (χ4n) is 3.92. The molecule has 1 aromatic heterocycles. The molecule has 29 heavy (non-hydrogen) atoms. The smallest absolute Gasteiger partial charge is 0.264 e. The average Bonchev–Trinajstić information content (AvgIpc) is 3.25. The number of hydrogen-bond donors (Lipinski definition) is 0. The lowest BCUT2D eigenvalue weighted by molar-refractivity contribution is -0.133. The Hall–Kier alpha value is -1.70. The van der Waals surface area contributed by atoms with E-state index in [9.17, 15) is 9.59 Å². The molecular formula is C22H26BrN3O2S. The molecule has 0 N–H and O–H groups in total. The number of carbonyl (C=O) groups is 2. The van der Waals surface area contributed by atoms with Crippen LogP contribution in [0.25, 0.3) is 10.4 Å². The van der Waals surface area contributed by atoms with Gasteiger partial charge in [0.2, 0.25) is 5.91 Å². The number of thiophene rings is 1. The van der Waals surface area contributed by atoms with Gasteiger partial charge in [-0.2, -0.15) is 0 Å². The predicted molar refractivity (Wildman–Crippen MR) is 120 cm³/mol. The van der Waals surface area contributed by atoms with Gasteiger partial charge in [-0.25, -0.2) is 0 Å². The predicted octanol–water partition coefficient (Wildman–Crippen LogP) is 3.95. The van der Waals surface area contributed by atoms with Gasteiger partial charge in [0.1, 0.15) is 0 Å². The highest BCUT2D eigenvalue weighted by molar-refractivity contribution is 9.10. The Bertz CT molecular complexity index is 853. The molecule has 0 spiro atoms. The molecule has 0 radical (unpaired) electrons. The molecule has 2 amide bonds. The van der Waals surface area contributed by atoms with E-state index in [0.29, 0.717) is 19.6 Å². The molecule has 2 aliphatic heterocycles. The Morgan fingerprint density at radius 1 is 0.828 bits per heavy atom. The number of amides is 2. The van der Waals surface area contributed by atoms with Gasteiger partial charge >= 0.3 is 0 Å². The van der Waals surface area contributed by atoms with Crippen molar-refractivity contribution < 1.29 is 9.59 Å². The lowest BCUT2D eigenvalue weighted by atomic mass is 10.1. The lowest BCUT2D eigenvalue weighted by Gasteiger charge is -2.35. The molecule has 5 nitrogen and oxygen atoms in total. The van der Waals surface area contributed by atoms with Gasteiger partial charge in [0.05, 0.1) is 11.4 Å². The van der Waals surface area contributed by atoms with Gasteiger partial charge < -0.3 is 9.80 Å². The van der Waals surface area contributed by atoms with E-state index < -0.39 is 0 Å². The van der Waals surface area contributed by atoms with Crippen molar-refractivity contribution in [3.8, 4) is 10.4 Å². The van der Waals surface area contributed by atoms with Crippen LogP contribution in [-0.2, 0) is 4.79 Å². The van der Waals surface area contributed by atoms with Crippen LogP contribution in [0.3, 0.4) is 0 Å². The van der Waals surface area contributed by atoms with Crippen molar-refractivity contribution in [1.82, 2.24) is 14.7 Å². The summed E-state index contributed by atoms with van der Waals surface area (Å²) in [6, 6.07) is 12.1. The SMILES string of the molecule is O=C(CN1CCN(C(=O)c2ccc(-c3ccc(Br)cc3)s2)CC1)N1CCCCC1. The summed E-state index contributed by atoms with van der Waals surface area (Å²) in [5.41, 5.74) is 1.12. The van der Waals surface area contributed by atoms with E-state index in [1.165, 1.54) is 6.42 Å². The molecule has 2 aliphatic rings. The zero-order valence-corrected chi connectivity index (χ0v) is 18.9. The van der Waals surface area contributed by atoms with E-state index in [0.717, 1.165) is 58.8 Å². The summed E-state index contributed by atoms with van der Waals surface area (Å²) >= 11 is 5.00. The van der Waals surface area contributed by atoms with Crippen LogP contribution in [0.1, 0.15) is 28.9 Å². The fraction of sp³-hybridized carbons (Fsp3) is 0.455. The molecule has 0 atom stereocenters. The highest BCUT2D eigenvalue weighted by Gasteiger charge is 2.26. The van der Waals surface area contributed by atoms with Crippen molar-refractivity contribution in [3.05, 3.63) is 45.7 Å². The number of benzene rings is 1. The monoisotopic (exact) mass is 475 g/mol. The largest absolute Gasteiger partial charge is 0.342 e. The summed E-state index contributed by atoms with van der Waals surface area (Å²) in [5, 5.41) is 0. The van der Waals surface area contributed by atoms with E-state index in [-0.39, 0.29) is 11.8 Å². The van der Waals surface area contributed by atoms with Crippen LogP contribution < -0.4 is 0 Å². The minimum atomic E-state index is 0.0976. The molecule has 2 saturated heterocycles. The third-order valence-corrected chi connectivity index (χ3v) is 7.32. The minimum Gasteiger partial charge on any atom is -0.342 e. The second-order valence-electron chi connectivity index (χ2n) is 7.68. The molecule has 0 aliphatic carbocycles. The van der Waals surface area contributed by atoms with Crippen molar-refractivity contribution in [2.45, 2.75) is 19.3 Å². The number of rotatable bonds is 4. The van der Waals surface area contributed by atoms with Crippen molar-refractivity contribution in [2.24, 2.45) is 0 Å². The summed E-state index contributed by atoms with van der Waals surface area (Å²) in [6.07, 6.45) is 3.48. The first-order valence-electron chi connectivity index (χ1n) is 10.3. The number of halogens is 1. The molecule has 1 aromatic carbocycles. The maximum Gasteiger partial charge on any atom is 0.264 e. The molecule has 2 fully saturated rings. The lowest BCUT2D eigenvalue weighted by Crippen LogP contribution is -2.51. The minimum absolute atomic E-state index is 0.0976. The van der Waals surface area contributed by atoms with Crippen molar-refractivity contribution >= 4 is 39.1 Å².